The summed E-state index contributed by atoms with van der Waals surface area (Å²) in [6.07, 6.45) is 2.10. The third-order valence-electron chi connectivity index (χ3n) is 3.01. The van der Waals surface area contributed by atoms with Crippen LogP contribution in [0.3, 0.4) is 0 Å². The van der Waals surface area contributed by atoms with Crippen LogP contribution in [-0.2, 0) is 0 Å². The van der Waals surface area contributed by atoms with Gasteiger partial charge in [0.1, 0.15) is 5.69 Å². The summed E-state index contributed by atoms with van der Waals surface area (Å²) in [5.74, 6) is -0.650. The van der Waals surface area contributed by atoms with Crippen LogP contribution >= 0.6 is 0 Å². The largest absolute Gasteiger partial charge is 0.399 e. The Bertz CT molecular complexity index is 370. The smallest absolute Gasteiger partial charge is 0.151 e. The molecule has 0 saturated carbocycles. The van der Waals surface area contributed by atoms with Crippen LogP contribution < -0.4 is 10.6 Å². The molecule has 1 aromatic carbocycles. The average Bonchev–Trinajstić information content (AvgIpc) is 2.15. The number of hydrogen-bond donors (Lipinski definition) is 1. The maximum absolute atomic E-state index is 13.7. The summed E-state index contributed by atoms with van der Waals surface area (Å²) in [4.78, 5) is 1.78. The van der Waals surface area contributed by atoms with E-state index in [1.807, 2.05) is 0 Å². The summed E-state index contributed by atoms with van der Waals surface area (Å²) in [5.41, 5.74) is 5.59. The number of hydrogen-bond acceptors (Lipinski definition) is 2. The predicted octanol–water partition coefficient (Wildman–Crippen LogP) is 2.78. The van der Waals surface area contributed by atoms with Crippen LogP contribution in [0.5, 0.6) is 0 Å². The molecular weight excluding hydrogens is 210 g/mol. The van der Waals surface area contributed by atoms with E-state index in [0.29, 0.717) is 19.0 Å². The van der Waals surface area contributed by atoms with Crippen molar-refractivity contribution in [1.82, 2.24) is 0 Å². The lowest BCUT2D eigenvalue weighted by atomic mass is 9.99. The van der Waals surface area contributed by atoms with Gasteiger partial charge in [-0.25, -0.2) is 8.78 Å². The van der Waals surface area contributed by atoms with E-state index in [2.05, 4.69) is 6.92 Å². The zero-order valence-electron chi connectivity index (χ0n) is 9.34. The van der Waals surface area contributed by atoms with Crippen molar-refractivity contribution in [3.63, 3.8) is 0 Å². The number of benzene rings is 1. The Balaban J connectivity index is 2.32. The van der Waals surface area contributed by atoms with Gasteiger partial charge in [-0.1, -0.05) is 6.92 Å². The summed E-state index contributed by atoms with van der Waals surface area (Å²) in [7, 11) is 0. The highest BCUT2D eigenvalue weighted by Crippen LogP contribution is 2.29. The summed E-state index contributed by atoms with van der Waals surface area (Å²) >= 11 is 0. The zero-order valence-corrected chi connectivity index (χ0v) is 9.34. The minimum absolute atomic E-state index is 0.0701. The SMILES string of the molecule is CC1CCCN(c2c(F)cc(N)cc2F)C1. The first-order valence-electron chi connectivity index (χ1n) is 5.57. The van der Waals surface area contributed by atoms with Gasteiger partial charge in [0.25, 0.3) is 0 Å². The van der Waals surface area contributed by atoms with Crippen molar-refractivity contribution >= 4 is 11.4 Å². The van der Waals surface area contributed by atoms with E-state index in [4.69, 9.17) is 5.73 Å². The Labute approximate surface area is 94.0 Å². The average molecular weight is 226 g/mol. The van der Waals surface area contributed by atoms with Crippen LogP contribution in [0.4, 0.5) is 20.2 Å². The molecule has 1 heterocycles. The second kappa shape index (κ2) is 4.28. The highest BCUT2D eigenvalue weighted by Gasteiger charge is 2.22. The molecule has 1 aromatic rings. The van der Waals surface area contributed by atoms with Gasteiger partial charge in [-0.15, -0.1) is 0 Å². The molecule has 1 unspecified atom stereocenters. The molecule has 4 heteroatoms. The first kappa shape index (κ1) is 11.2. The number of nitrogens with two attached hydrogens (primary N) is 1. The molecule has 0 aromatic heterocycles. The highest BCUT2D eigenvalue weighted by atomic mass is 19.1. The van der Waals surface area contributed by atoms with E-state index in [1.54, 1.807) is 4.90 Å². The van der Waals surface area contributed by atoms with Crippen molar-refractivity contribution in [2.24, 2.45) is 5.92 Å². The normalized spacial score (nSPS) is 21.2. The maximum Gasteiger partial charge on any atom is 0.151 e. The van der Waals surface area contributed by atoms with Crippen molar-refractivity contribution in [3.05, 3.63) is 23.8 Å². The third kappa shape index (κ3) is 2.10. The van der Waals surface area contributed by atoms with Crippen molar-refractivity contribution in [2.45, 2.75) is 19.8 Å². The predicted molar refractivity (Wildman–Crippen MR) is 61.4 cm³/mol. The fourth-order valence-electron chi connectivity index (χ4n) is 2.28. The fourth-order valence-corrected chi connectivity index (χ4v) is 2.28. The van der Waals surface area contributed by atoms with E-state index >= 15 is 0 Å². The van der Waals surface area contributed by atoms with Gasteiger partial charge >= 0.3 is 0 Å². The monoisotopic (exact) mass is 226 g/mol. The molecule has 2 nitrogen and oxygen atoms in total. The van der Waals surface area contributed by atoms with Gasteiger partial charge in [0, 0.05) is 18.8 Å². The zero-order chi connectivity index (χ0) is 11.7. The molecule has 1 fully saturated rings. The third-order valence-corrected chi connectivity index (χ3v) is 3.01. The van der Waals surface area contributed by atoms with Gasteiger partial charge in [0.15, 0.2) is 11.6 Å². The minimum Gasteiger partial charge on any atom is -0.399 e. The number of halogens is 2. The highest BCUT2D eigenvalue weighted by molar-refractivity contribution is 5.56. The summed E-state index contributed by atoms with van der Waals surface area (Å²) in [5, 5.41) is 0. The number of nitrogen functional groups attached to an aromatic ring is 1. The molecule has 0 radical (unpaired) electrons. The van der Waals surface area contributed by atoms with Crippen LogP contribution in [0.25, 0.3) is 0 Å². The quantitative estimate of drug-likeness (QED) is 0.746. The van der Waals surface area contributed by atoms with Gasteiger partial charge in [-0.3, -0.25) is 0 Å². The minimum atomic E-state index is -0.563. The standard InChI is InChI=1S/C12H16F2N2/c1-8-3-2-4-16(7-8)12-10(13)5-9(15)6-11(12)14/h5-6,8H,2-4,7,15H2,1H3. The van der Waals surface area contributed by atoms with Gasteiger partial charge in [-0.05, 0) is 30.9 Å². The lowest BCUT2D eigenvalue weighted by Gasteiger charge is -2.33. The first-order valence-corrected chi connectivity index (χ1v) is 5.57. The Morgan fingerprint density at radius 1 is 1.31 bits per heavy atom. The van der Waals surface area contributed by atoms with E-state index < -0.39 is 11.6 Å². The second-order valence-electron chi connectivity index (χ2n) is 4.53. The summed E-state index contributed by atoms with van der Waals surface area (Å²) in [6, 6.07) is 2.36. The Morgan fingerprint density at radius 2 is 1.94 bits per heavy atom. The maximum atomic E-state index is 13.7. The lowest BCUT2D eigenvalue weighted by molar-refractivity contribution is 0.436. The molecule has 88 valence electrons. The second-order valence-corrected chi connectivity index (χ2v) is 4.53. The van der Waals surface area contributed by atoms with E-state index in [9.17, 15) is 8.78 Å². The number of anilines is 2. The number of rotatable bonds is 1. The summed E-state index contributed by atoms with van der Waals surface area (Å²) < 4.78 is 27.3. The molecule has 0 bridgehead atoms. The van der Waals surface area contributed by atoms with Gasteiger partial charge < -0.3 is 10.6 Å². The molecule has 1 atom stereocenters. The van der Waals surface area contributed by atoms with E-state index in [1.165, 1.54) is 12.1 Å². The van der Waals surface area contributed by atoms with Crippen LogP contribution in [0.1, 0.15) is 19.8 Å². The number of piperidine rings is 1. The molecule has 0 spiro atoms. The Kier molecular flexibility index (Phi) is 2.99. The van der Waals surface area contributed by atoms with Crippen molar-refractivity contribution in [3.8, 4) is 0 Å². The van der Waals surface area contributed by atoms with Crippen LogP contribution in [0, 0.1) is 17.6 Å². The summed E-state index contributed by atoms with van der Waals surface area (Å²) in [6.45, 7) is 3.51. The number of nitrogens with zero attached hydrogens (tertiary/aromatic N) is 1. The topological polar surface area (TPSA) is 29.3 Å². The molecule has 0 amide bonds. The Morgan fingerprint density at radius 3 is 2.50 bits per heavy atom. The van der Waals surface area contributed by atoms with Gasteiger partial charge in [0.05, 0.1) is 0 Å². The molecule has 0 aliphatic carbocycles. The van der Waals surface area contributed by atoms with Crippen LogP contribution in [-0.4, -0.2) is 13.1 Å². The molecule has 2 rings (SSSR count). The van der Waals surface area contributed by atoms with E-state index in [-0.39, 0.29) is 11.4 Å². The van der Waals surface area contributed by atoms with Crippen molar-refractivity contribution < 1.29 is 8.78 Å². The van der Waals surface area contributed by atoms with Gasteiger partial charge in [0.2, 0.25) is 0 Å². The molecule has 1 saturated heterocycles. The lowest BCUT2D eigenvalue weighted by Crippen LogP contribution is -2.35. The fraction of sp³-hybridized carbons (Fsp3) is 0.500. The first-order chi connectivity index (χ1) is 7.58. The van der Waals surface area contributed by atoms with Crippen LogP contribution in [0.15, 0.2) is 12.1 Å². The van der Waals surface area contributed by atoms with Crippen LogP contribution in [0.2, 0.25) is 0 Å². The van der Waals surface area contributed by atoms with Crippen molar-refractivity contribution in [1.29, 1.82) is 0 Å². The molecular formula is C12H16F2N2. The van der Waals surface area contributed by atoms with Crippen molar-refractivity contribution in [2.75, 3.05) is 23.7 Å². The van der Waals surface area contributed by atoms with Gasteiger partial charge in [-0.2, -0.15) is 0 Å². The molecule has 1 aliphatic rings. The molecule has 2 N–H and O–H groups in total. The molecule has 16 heavy (non-hydrogen) atoms. The van der Waals surface area contributed by atoms with E-state index in [0.717, 1.165) is 12.8 Å². The Hall–Kier alpha value is -1.32. The molecule has 1 aliphatic heterocycles.